The van der Waals surface area contributed by atoms with Crippen molar-refractivity contribution in [1.29, 1.82) is 0 Å². The van der Waals surface area contributed by atoms with Crippen molar-refractivity contribution in [3.63, 3.8) is 0 Å². The van der Waals surface area contributed by atoms with Gasteiger partial charge in [-0.15, -0.1) is 0 Å². The second-order valence-electron chi connectivity index (χ2n) is 3.82. The lowest BCUT2D eigenvalue weighted by molar-refractivity contribution is -0.597. The maximum Gasteiger partial charge on any atom is 0.357 e. The lowest BCUT2D eigenvalue weighted by atomic mass is 10.2. The Morgan fingerprint density at radius 2 is 1.44 bits per heavy atom. The molecule has 0 spiro atoms. The van der Waals surface area contributed by atoms with Crippen molar-refractivity contribution in [2.75, 3.05) is 7.11 Å². The molecule has 2 nitrogen and oxygen atoms in total. The molecular formula is C15H14IO2+. The fourth-order valence-corrected chi connectivity index (χ4v) is 3.66. The topological polar surface area (TPSA) is 26.3 Å². The van der Waals surface area contributed by atoms with Gasteiger partial charge in [-0.1, -0.05) is 0 Å². The normalized spacial score (nSPS) is 10.1. The molecule has 92 valence electrons. The molecule has 18 heavy (non-hydrogen) atoms. The Hall–Kier alpha value is -1.36. The average molecular weight is 353 g/mol. The van der Waals surface area contributed by atoms with Gasteiger partial charge in [0.1, 0.15) is 5.75 Å². The van der Waals surface area contributed by atoms with Crippen molar-refractivity contribution < 1.29 is 30.7 Å². The fourth-order valence-electron chi connectivity index (χ4n) is 1.51. The van der Waals surface area contributed by atoms with Gasteiger partial charge in [0.15, 0.2) is 12.9 Å². The van der Waals surface area contributed by atoms with Crippen LogP contribution in [0.5, 0.6) is 5.75 Å². The van der Waals surface area contributed by atoms with Gasteiger partial charge in [-0.25, -0.2) is 0 Å². The third-order valence-corrected chi connectivity index (χ3v) is 5.20. The minimum atomic E-state index is -0.189. The highest BCUT2D eigenvalue weighted by Gasteiger charge is 2.15. The summed E-state index contributed by atoms with van der Waals surface area (Å²) in [5, 5.41) is 0. The Morgan fingerprint density at radius 3 is 1.89 bits per heavy atom. The minimum absolute atomic E-state index is 0.115. The summed E-state index contributed by atoms with van der Waals surface area (Å²) >= 11 is -0.189. The van der Waals surface area contributed by atoms with Gasteiger partial charge in [0.2, 0.25) is 0 Å². The molecule has 2 rings (SSSR count). The Bertz CT molecular complexity index is 529. The number of ether oxygens (including phenoxy) is 1. The molecule has 0 aromatic heterocycles. The van der Waals surface area contributed by atoms with Crippen LogP contribution in [-0.2, 0) is 0 Å². The van der Waals surface area contributed by atoms with Crippen molar-refractivity contribution in [3.05, 3.63) is 61.2 Å². The van der Waals surface area contributed by atoms with Gasteiger partial charge in [0.25, 0.3) is 0 Å². The Morgan fingerprint density at radius 1 is 0.944 bits per heavy atom. The predicted molar refractivity (Wildman–Crippen MR) is 66.8 cm³/mol. The van der Waals surface area contributed by atoms with E-state index in [9.17, 15) is 4.79 Å². The van der Waals surface area contributed by atoms with E-state index in [4.69, 9.17) is 4.74 Å². The van der Waals surface area contributed by atoms with Gasteiger partial charge in [0.05, 0.1) is 7.11 Å². The minimum Gasteiger partial charge on any atom is -0.497 e. The standard InChI is InChI=1S/C15H14IO2/c1-11(17)12-3-5-13(6-4-12)16-14-7-9-15(18-2)10-8-14/h3-10H,1-2H3/q+1. The molecule has 0 N–H and O–H groups in total. The predicted octanol–water partition coefficient (Wildman–Crippen LogP) is 0.0262. The average Bonchev–Trinajstić information content (AvgIpc) is 2.40. The van der Waals surface area contributed by atoms with Gasteiger partial charge in [-0.2, -0.15) is 0 Å². The van der Waals surface area contributed by atoms with Gasteiger partial charge in [-0.05, 0) is 55.5 Å². The van der Waals surface area contributed by atoms with Crippen LogP contribution >= 0.6 is 0 Å². The highest BCUT2D eigenvalue weighted by atomic mass is 127. The van der Waals surface area contributed by atoms with Crippen molar-refractivity contribution >= 4 is 5.78 Å². The van der Waals surface area contributed by atoms with Crippen molar-refractivity contribution in [2.24, 2.45) is 0 Å². The third-order valence-electron chi connectivity index (χ3n) is 2.52. The Labute approximate surface area is 117 Å². The summed E-state index contributed by atoms with van der Waals surface area (Å²) < 4.78 is 7.78. The number of hydrogen-bond acceptors (Lipinski definition) is 2. The number of halogens is 1. The zero-order valence-corrected chi connectivity index (χ0v) is 12.5. The molecule has 0 atom stereocenters. The van der Waals surface area contributed by atoms with Gasteiger partial charge in [-0.3, -0.25) is 4.79 Å². The van der Waals surface area contributed by atoms with Crippen LogP contribution in [-0.4, -0.2) is 12.9 Å². The fraction of sp³-hybridized carbons (Fsp3) is 0.133. The maximum atomic E-state index is 11.2. The molecule has 2 aromatic carbocycles. The van der Waals surface area contributed by atoms with E-state index in [-0.39, 0.29) is 27.0 Å². The van der Waals surface area contributed by atoms with Crippen LogP contribution in [0.15, 0.2) is 48.5 Å². The molecule has 0 saturated carbocycles. The quantitative estimate of drug-likeness (QED) is 0.573. The number of Topliss-reactive ketones (excluding diaryl/α,β-unsaturated/α-hetero) is 1. The first-order valence-corrected chi connectivity index (χ1v) is 7.74. The van der Waals surface area contributed by atoms with Crippen LogP contribution < -0.4 is 25.9 Å². The van der Waals surface area contributed by atoms with Crippen molar-refractivity contribution in [1.82, 2.24) is 0 Å². The monoisotopic (exact) mass is 353 g/mol. The molecule has 0 bridgehead atoms. The van der Waals surface area contributed by atoms with E-state index in [1.54, 1.807) is 14.0 Å². The van der Waals surface area contributed by atoms with Crippen LogP contribution in [0.3, 0.4) is 0 Å². The van der Waals surface area contributed by atoms with Crippen LogP contribution in [0.2, 0.25) is 0 Å². The summed E-state index contributed by atoms with van der Waals surface area (Å²) in [4.78, 5) is 11.2. The number of rotatable bonds is 4. The van der Waals surface area contributed by atoms with E-state index < -0.39 is 0 Å². The largest absolute Gasteiger partial charge is 0.497 e. The van der Waals surface area contributed by atoms with Crippen LogP contribution in [0.25, 0.3) is 0 Å². The van der Waals surface area contributed by atoms with E-state index in [0.29, 0.717) is 0 Å². The highest BCUT2D eigenvalue weighted by Crippen LogP contribution is 2.06. The highest BCUT2D eigenvalue weighted by molar-refractivity contribution is 5.93. The summed E-state index contributed by atoms with van der Waals surface area (Å²) in [5.74, 6) is 0.999. The first-order chi connectivity index (χ1) is 8.69. The molecule has 0 unspecified atom stereocenters. The molecule has 0 aliphatic carbocycles. The summed E-state index contributed by atoms with van der Waals surface area (Å²) in [6, 6.07) is 16.1. The summed E-state index contributed by atoms with van der Waals surface area (Å²) in [5.41, 5.74) is 0.775. The van der Waals surface area contributed by atoms with E-state index >= 15 is 0 Å². The molecule has 0 aliphatic heterocycles. The van der Waals surface area contributed by atoms with Crippen LogP contribution in [0.4, 0.5) is 0 Å². The lowest BCUT2D eigenvalue weighted by Gasteiger charge is -1.96. The summed E-state index contributed by atoms with van der Waals surface area (Å²) in [6.45, 7) is 1.59. The smallest absolute Gasteiger partial charge is 0.357 e. The second kappa shape index (κ2) is 6.00. The first kappa shape index (κ1) is 13.1. The van der Waals surface area contributed by atoms with Crippen LogP contribution in [0.1, 0.15) is 17.3 Å². The second-order valence-corrected chi connectivity index (χ2v) is 6.85. The molecule has 0 fully saturated rings. The zero-order chi connectivity index (χ0) is 13.0. The van der Waals surface area contributed by atoms with E-state index in [0.717, 1.165) is 11.3 Å². The summed E-state index contributed by atoms with van der Waals surface area (Å²) in [6.07, 6.45) is 0. The number of methoxy groups -OCH3 is 1. The Balaban J connectivity index is 2.10. The van der Waals surface area contributed by atoms with E-state index in [1.165, 1.54) is 7.14 Å². The molecule has 0 aliphatic rings. The summed E-state index contributed by atoms with van der Waals surface area (Å²) in [7, 11) is 1.67. The maximum absolute atomic E-state index is 11.2. The molecule has 0 amide bonds. The molecule has 0 saturated heterocycles. The molecule has 2 aromatic rings. The molecule has 3 heteroatoms. The van der Waals surface area contributed by atoms with Gasteiger partial charge >= 0.3 is 21.2 Å². The number of hydrogen-bond donors (Lipinski definition) is 0. The van der Waals surface area contributed by atoms with E-state index in [1.807, 2.05) is 36.4 Å². The third kappa shape index (κ3) is 3.32. The van der Waals surface area contributed by atoms with Gasteiger partial charge in [0, 0.05) is 5.56 Å². The molecule has 0 heterocycles. The zero-order valence-electron chi connectivity index (χ0n) is 10.3. The Kier molecular flexibility index (Phi) is 4.36. The first-order valence-electron chi connectivity index (χ1n) is 5.59. The van der Waals surface area contributed by atoms with Crippen molar-refractivity contribution in [3.8, 4) is 5.75 Å². The number of benzene rings is 2. The number of ketones is 1. The van der Waals surface area contributed by atoms with Crippen molar-refractivity contribution in [2.45, 2.75) is 6.92 Å². The SMILES string of the molecule is COc1ccc([I+]c2ccc(C(C)=O)cc2)cc1. The van der Waals surface area contributed by atoms with Crippen LogP contribution in [0, 0.1) is 7.14 Å². The molecular weight excluding hydrogens is 339 g/mol. The molecule has 0 radical (unpaired) electrons. The van der Waals surface area contributed by atoms with E-state index in [2.05, 4.69) is 12.1 Å². The number of carbonyl (C=O) groups excluding carboxylic acids is 1. The number of carbonyl (C=O) groups is 1. The van der Waals surface area contributed by atoms with Gasteiger partial charge < -0.3 is 4.74 Å². The lowest BCUT2D eigenvalue weighted by Crippen LogP contribution is -3.61.